The van der Waals surface area contributed by atoms with E-state index in [1.165, 1.54) is 11.5 Å². The Morgan fingerprint density at radius 2 is 1.96 bits per heavy atom. The third-order valence-electron chi connectivity index (χ3n) is 4.68. The molecule has 144 valence electrons. The maximum atomic E-state index is 5.73. The Morgan fingerprint density at radius 3 is 2.68 bits per heavy atom. The van der Waals surface area contributed by atoms with Crippen molar-refractivity contribution in [2.75, 3.05) is 36.4 Å². The van der Waals surface area contributed by atoms with E-state index in [9.17, 15) is 0 Å². The summed E-state index contributed by atoms with van der Waals surface area (Å²) in [5, 5.41) is 7.27. The summed E-state index contributed by atoms with van der Waals surface area (Å²) in [6.45, 7) is 4.03. The van der Waals surface area contributed by atoms with Crippen molar-refractivity contribution >= 4 is 28.2 Å². The largest absolute Gasteiger partial charge is 0.489 e. The summed E-state index contributed by atoms with van der Waals surface area (Å²) in [6, 6.07) is 7.87. The summed E-state index contributed by atoms with van der Waals surface area (Å²) in [5.74, 6) is 2.15. The fourth-order valence-corrected chi connectivity index (χ4v) is 3.60. The number of rotatable bonds is 6. The number of anilines is 3. The van der Waals surface area contributed by atoms with E-state index < -0.39 is 0 Å². The third kappa shape index (κ3) is 4.05. The first-order chi connectivity index (χ1) is 13.8. The maximum absolute atomic E-state index is 5.73. The minimum Gasteiger partial charge on any atom is -0.489 e. The molecule has 0 aromatic carbocycles. The van der Waals surface area contributed by atoms with E-state index in [0.717, 1.165) is 62.0 Å². The molecule has 0 bridgehead atoms. The van der Waals surface area contributed by atoms with Crippen LogP contribution in [-0.2, 0) is 0 Å². The van der Waals surface area contributed by atoms with Gasteiger partial charge in [-0.25, -0.2) is 9.97 Å². The fraction of sp³-hybridized carbons (Fsp3) is 0.368. The predicted molar refractivity (Wildman–Crippen MR) is 109 cm³/mol. The minimum absolute atomic E-state index is 0.367. The second-order valence-corrected chi connectivity index (χ2v) is 7.64. The second-order valence-electron chi connectivity index (χ2n) is 6.88. The summed E-state index contributed by atoms with van der Waals surface area (Å²) in [4.78, 5) is 15.8. The van der Waals surface area contributed by atoms with Gasteiger partial charge in [0.1, 0.15) is 17.3 Å². The number of pyridine rings is 2. The molecule has 2 fully saturated rings. The van der Waals surface area contributed by atoms with E-state index in [2.05, 4.69) is 40.9 Å². The molecule has 0 unspecified atom stereocenters. The lowest BCUT2D eigenvalue weighted by molar-refractivity contribution is 0.302. The van der Waals surface area contributed by atoms with E-state index in [1.807, 2.05) is 24.4 Å². The first-order valence-corrected chi connectivity index (χ1v) is 10.3. The molecule has 2 aliphatic rings. The van der Waals surface area contributed by atoms with Crippen LogP contribution in [0.4, 0.5) is 16.6 Å². The number of nitrogens with one attached hydrogen (secondary N) is 2. The van der Waals surface area contributed by atoms with Crippen LogP contribution in [0.1, 0.15) is 12.8 Å². The van der Waals surface area contributed by atoms with Gasteiger partial charge in [-0.15, -0.1) is 0 Å². The van der Waals surface area contributed by atoms with Gasteiger partial charge in [-0.05, 0) is 37.1 Å². The summed E-state index contributed by atoms with van der Waals surface area (Å²) in [7, 11) is 0. The molecule has 9 heteroatoms. The normalized spacial score (nSPS) is 16.8. The highest BCUT2D eigenvalue weighted by atomic mass is 32.1. The van der Waals surface area contributed by atoms with Gasteiger partial charge in [-0.3, -0.25) is 0 Å². The molecule has 0 spiro atoms. The zero-order valence-corrected chi connectivity index (χ0v) is 16.2. The predicted octanol–water partition coefficient (Wildman–Crippen LogP) is 2.69. The van der Waals surface area contributed by atoms with E-state index >= 15 is 0 Å². The van der Waals surface area contributed by atoms with Crippen molar-refractivity contribution in [1.29, 1.82) is 0 Å². The number of hydrogen-bond acceptors (Lipinski definition) is 9. The summed E-state index contributed by atoms with van der Waals surface area (Å²) >= 11 is 1.29. The highest BCUT2D eigenvalue weighted by Gasteiger charge is 2.23. The van der Waals surface area contributed by atoms with Crippen LogP contribution in [0.5, 0.6) is 5.75 Å². The van der Waals surface area contributed by atoms with Gasteiger partial charge >= 0.3 is 0 Å². The number of aromatic nitrogens is 4. The minimum atomic E-state index is 0.367. The number of piperazine rings is 1. The van der Waals surface area contributed by atoms with Crippen molar-refractivity contribution in [3.05, 3.63) is 36.7 Å². The summed E-state index contributed by atoms with van der Waals surface area (Å²) < 4.78 is 10.1. The van der Waals surface area contributed by atoms with E-state index in [-0.39, 0.29) is 0 Å². The molecule has 28 heavy (non-hydrogen) atoms. The lowest BCUT2D eigenvalue weighted by atomic mass is 10.3. The van der Waals surface area contributed by atoms with Crippen LogP contribution >= 0.6 is 11.5 Å². The molecule has 2 N–H and O–H groups in total. The quantitative estimate of drug-likeness (QED) is 0.659. The Kier molecular flexibility index (Phi) is 4.76. The zero-order chi connectivity index (χ0) is 18.8. The van der Waals surface area contributed by atoms with Crippen molar-refractivity contribution in [1.82, 2.24) is 24.6 Å². The van der Waals surface area contributed by atoms with Gasteiger partial charge in [0.2, 0.25) is 5.13 Å². The Balaban J connectivity index is 1.23. The van der Waals surface area contributed by atoms with Gasteiger partial charge in [0.25, 0.3) is 0 Å². The third-order valence-corrected chi connectivity index (χ3v) is 5.31. The average Bonchev–Trinajstić information content (AvgIpc) is 3.45. The topological polar surface area (TPSA) is 88.1 Å². The Labute approximate surface area is 167 Å². The highest BCUT2D eigenvalue weighted by molar-refractivity contribution is 7.09. The van der Waals surface area contributed by atoms with Crippen LogP contribution in [0.15, 0.2) is 36.7 Å². The van der Waals surface area contributed by atoms with Crippen LogP contribution < -0.4 is 20.3 Å². The van der Waals surface area contributed by atoms with Crippen LogP contribution in [0.3, 0.4) is 0 Å². The molecule has 0 amide bonds. The van der Waals surface area contributed by atoms with Gasteiger partial charge < -0.3 is 20.3 Å². The van der Waals surface area contributed by atoms with E-state index in [0.29, 0.717) is 17.1 Å². The molecule has 4 heterocycles. The zero-order valence-electron chi connectivity index (χ0n) is 15.3. The highest BCUT2D eigenvalue weighted by Crippen LogP contribution is 2.28. The average molecular weight is 395 g/mol. The van der Waals surface area contributed by atoms with Crippen molar-refractivity contribution in [2.45, 2.75) is 18.9 Å². The Bertz CT molecular complexity index is 918. The lowest BCUT2D eigenvalue weighted by Gasteiger charge is -2.29. The van der Waals surface area contributed by atoms with Gasteiger partial charge in [-0.2, -0.15) is 9.36 Å². The second kappa shape index (κ2) is 7.69. The smallest absolute Gasteiger partial charge is 0.208 e. The monoisotopic (exact) mass is 395 g/mol. The molecule has 1 saturated heterocycles. The van der Waals surface area contributed by atoms with Crippen molar-refractivity contribution < 1.29 is 4.74 Å². The van der Waals surface area contributed by atoms with Gasteiger partial charge in [0.15, 0.2) is 5.82 Å². The molecule has 5 rings (SSSR count). The number of ether oxygens (including phenoxy) is 1. The van der Waals surface area contributed by atoms with Crippen LogP contribution in [0, 0.1) is 0 Å². The van der Waals surface area contributed by atoms with Crippen molar-refractivity contribution in [3.63, 3.8) is 0 Å². The number of hydrogen-bond donors (Lipinski definition) is 2. The summed E-state index contributed by atoms with van der Waals surface area (Å²) in [5.41, 5.74) is 1.87. The van der Waals surface area contributed by atoms with Crippen molar-refractivity contribution in [2.24, 2.45) is 0 Å². The molecule has 3 aromatic heterocycles. The van der Waals surface area contributed by atoms with Crippen molar-refractivity contribution in [3.8, 4) is 17.3 Å². The van der Waals surface area contributed by atoms with E-state index in [4.69, 9.17) is 4.74 Å². The van der Waals surface area contributed by atoms with Gasteiger partial charge in [-0.1, -0.05) is 0 Å². The summed E-state index contributed by atoms with van der Waals surface area (Å²) in [6.07, 6.45) is 6.27. The standard InChI is InChI=1S/C19H21N7OS/c1-6-17(22-11-13(1)26-9-7-20-8-10-26)23-19-24-18(25-28-19)16-5-4-15(12-21-16)27-14-2-3-14/h1,4-6,11-12,14,20H,2-3,7-10H2,(H,22,23,24,25). The molecule has 1 aliphatic heterocycles. The first-order valence-electron chi connectivity index (χ1n) is 9.49. The molecular weight excluding hydrogens is 374 g/mol. The van der Waals surface area contributed by atoms with Crippen LogP contribution in [0.25, 0.3) is 11.5 Å². The molecule has 1 aliphatic carbocycles. The van der Waals surface area contributed by atoms with Crippen LogP contribution in [0.2, 0.25) is 0 Å². The maximum Gasteiger partial charge on any atom is 0.208 e. The molecule has 3 aromatic rings. The van der Waals surface area contributed by atoms with E-state index in [1.54, 1.807) is 6.20 Å². The number of nitrogens with zero attached hydrogens (tertiary/aromatic N) is 5. The van der Waals surface area contributed by atoms with Gasteiger partial charge in [0, 0.05) is 37.7 Å². The molecule has 8 nitrogen and oxygen atoms in total. The molecule has 0 radical (unpaired) electrons. The molecular formula is C19H21N7OS. The first kappa shape index (κ1) is 17.3. The SMILES string of the molecule is c1cc(-c2nsc(Nc3ccc(N4CCNCC4)cn3)n2)ncc1OC1CC1. The molecule has 1 saturated carbocycles. The van der Waals surface area contributed by atoms with Crippen LogP contribution in [-0.4, -0.2) is 51.6 Å². The molecule has 0 atom stereocenters. The fourth-order valence-electron chi connectivity index (χ4n) is 3.02. The lowest BCUT2D eigenvalue weighted by Crippen LogP contribution is -2.43. The Morgan fingerprint density at radius 1 is 1.07 bits per heavy atom. The van der Waals surface area contributed by atoms with Gasteiger partial charge in [0.05, 0.1) is 24.2 Å². The Hall–Kier alpha value is -2.78.